The van der Waals surface area contributed by atoms with Crippen molar-refractivity contribution < 1.29 is 32.7 Å². The second-order valence-electron chi connectivity index (χ2n) is 10.3. The number of likely N-dealkylation sites (tertiary alicyclic amines) is 1. The second-order valence-corrected chi connectivity index (χ2v) is 10.3. The predicted octanol–water partition coefficient (Wildman–Crippen LogP) is 3.34. The number of halogens is 3. The summed E-state index contributed by atoms with van der Waals surface area (Å²) in [5.41, 5.74) is -1.59. The van der Waals surface area contributed by atoms with Gasteiger partial charge in [-0.1, -0.05) is 27.2 Å². The quantitative estimate of drug-likeness (QED) is 0.277. The minimum Gasteiger partial charge on any atom is -0.391 e. The van der Waals surface area contributed by atoms with Crippen molar-refractivity contribution in [3.8, 4) is 0 Å². The first kappa shape index (κ1) is 31.4. The van der Waals surface area contributed by atoms with Crippen LogP contribution in [0, 0.1) is 5.92 Å². The number of carbonyl (C=O) groups excluding carboxylic acids is 3. The first-order valence-electron chi connectivity index (χ1n) is 13.0. The summed E-state index contributed by atoms with van der Waals surface area (Å²) >= 11 is 0. The number of urea groups is 1. The van der Waals surface area contributed by atoms with Gasteiger partial charge in [0.15, 0.2) is 0 Å². The maximum absolute atomic E-state index is 13.4. The van der Waals surface area contributed by atoms with E-state index >= 15 is 0 Å². The lowest BCUT2D eigenvalue weighted by molar-refractivity contribution is -0.137. The molecule has 4 amide bonds. The van der Waals surface area contributed by atoms with Crippen molar-refractivity contribution in [1.29, 1.82) is 0 Å². The molecular formula is C26H40F3N5O4. The van der Waals surface area contributed by atoms with Gasteiger partial charge in [0, 0.05) is 19.1 Å². The van der Waals surface area contributed by atoms with Gasteiger partial charge in [0.25, 0.3) is 5.91 Å². The van der Waals surface area contributed by atoms with Crippen molar-refractivity contribution in [3.05, 3.63) is 29.3 Å². The zero-order valence-electron chi connectivity index (χ0n) is 22.6. The Morgan fingerprint density at radius 2 is 1.84 bits per heavy atom. The van der Waals surface area contributed by atoms with E-state index in [0.29, 0.717) is 31.5 Å². The molecule has 0 unspecified atom stereocenters. The maximum Gasteiger partial charge on any atom is 0.416 e. The largest absolute Gasteiger partial charge is 0.416 e. The third kappa shape index (κ3) is 8.87. The number of hydrogen-bond acceptors (Lipinski definition) is 5. The molecule has 0 aromatic heterocycles. The van der Waals surface area contributed by atoms with Gasteiger partial charge in [-0.3, -0.25) is 9.59 Å². The molecule has 1 fully saturated rings. The molecule has 1 aromatic carbocycles. The Balaban J connectivity index is 2.24. The zero-order chi connectivity index (χ0) is 28.6. The van der Waals surface area contributed by atoms with Crippen molar-refractivity contribution in [3.63, 3.8) is 0 Å². The molecule has 9 nitrogen and oxygen atoms in total. The van der Waals surface area contributed by atoms with E-state index in [2.05, 4.69) is 21.3 Å². The number of nitrogens with one attached hydrogen (secondary N) is 4. The molecule has 0 spiro atoms. The summed E-state index contributed by atoms with van der Waals surface area (Å²) in [6.07, 6.45) is -4.03. The van der Waals surface area contributed by atoms with Crippen LogP contribution in [0.5, 0.6) is 0 Å². The van der Waals surface area contributed by atoms with Gasteiger partial charge in [0.05, 0.1) is 29.0 Å². The standard InChI is InChI=1S/C26H40F3N5O4/c1-6-7-22(35)21(14-30-13-15(2)3)34-11-10-20(24(34)37)32-23(36)18-12-17(26(27,28)29)8-9-19(18)33-25(38)31-16(4)5/h8-9,12,15-16,20-22,30,35H,6-7,10-11,13-14H2,1-5H3,(H,32,36)(H2,31,33,38)/t20-,21-,22-/m0/s1. The van der Waals surface area contributed by atoms with Gasteiger partial charge in [0.2, 0.25) is 5.91 Å². The fourth-order valence-electron chi connectivity index (χ4n) is 4.30. The van der Waals surface area contributed by atoms with E-state index in [4.69, 9.17) is 0 Å². The number of rotatable bonds is 12. The molecule has 0 aliphatic carbocycles. The summed E-state index contributed by atoms with van der Waals surface area (Å²) < 4.78 is 40.1. The summed E-state index contributed by atoms with van der Waals surface area (Å²) in [6, 6.07) is 0.0329. The number of alkyl halides is 3. The molecule has 214 valence electrons. The van der Waals surface area contributed by atoms with Crippen LogP contribution in [0.25, 0.3) is 0 Å². The molecule has 5 N–H and O–H groups in total. The van der Waals surface area contributed by atoms with Crippen molar-refractivity contribution in [2.24, 2.45) is 5.92 Å². The number of hydrogen-bond donors (Lipinski definition) is 5. The average molecular weight is 544 g/mol. The highest BCUT2D eigenvalue weighted by Crippen LogP contribution is 2.32. The number of aliphatic hydroxyl groups is 1. The molecule has 1 saturated heterocycles. The summed E-state index contributed by atoms with van der Waals surface area (Å²) in [7, 11) is 0. The minimum absolute atomic E-state index is 0.120. The van der Waals surface area contributed by atoms with E-state index < -0.39 is 53.3 Å². The van der Waals surface area contributed by atoms with Crippen LogP contribution in [0.4, 0.5) is 23.7 Å². The molecule has 12 heteroatoms. The Bertz CT molecular complexity index is 971. The number of aliphatic hydroxyl groups excluding tert-OH is 1. The second kappa shape index (κ2) is 13.8. The van der Waals surface area contributed by atoms with Crippen LogP contribution in [-0.4, -0.2) is 71.7 Å². The molecule has 1 aliphatic heterocycles. The summed E-state index contributed by atoms with van der Waals surface area (Å²) in [5.74, 6) is -0.957. The van der Waals surface area contributed by atoms with E-state index in [-0.39, 0.29) is 24.7 Å². The lowest BCUT2D eigenvalue weighted by atomic mass is 10.0. The Labute approximate surface area is 221 Å². The van der Waals surface area contributed by atoms with Gasteiger partial charge in [-0.25, -0.2) is 4.79 Å². The fourth-order valence-corrected chi connectivity index (χ4v) is 4.30. The predicted molar refractivity (Wildman–Crippen MR) is 139 cm³/mol. The van der Waals surface area contributed by atoms with Crippen LogP contribution < -0.4 is 21.3 Å². The van der Waals surface area contributed by atoms with Gasteiger partial charge in [-0.15, -0.1) is 0 Å². The molecule has 0 saturated carbocycles. The van der Waals surface area contributed by atoms with Crippen molar-refractivity contribution in [2.75, 3.05) is 25.0 Å². The number of nitrogens with zero attached hydrogens (tertiary/aromatic N) is 1. The highest BCUT2D eigenvalue weighted by Gasteiger charge is 2.40. The third-order valence-electron chi connectivity index (χ3n) is 6.14. The SMILES string of the molecule is CCC[C@H](O)[C@H](CNCC(C)C)N1CC[C@H](NC(=O)c2cc(C(F)(F)F)ccc2NC(=O)NC(C)C)C1=O. The first-order chi connectivity index (χ1) is 17.7. The highest BCUT2D eigenvalue weighted by molar-refractivity contribution is 6.05. The number of carbonyl (C=O) groups is 3. The average Bonchev–Trinajstić information content (AvgIpc) is 3.15. The summed E-state index contributed by atoms with van der Waals surface area (Å²) in [5, 5.41) is 21.5. The van der Waals surface area contributed by atoms with Gasteiger partial charge < -0.3 is 31.3 Å². The maximum atomic E-state index is 13.4. The number of benzene rings is 1. The lowest BCUT2D eigenvalue weighted by Gasteiger charge is -2.32. The molecule has 3 atom stereocenters. The van der Waals surface area contributed by atoms with Crippen LogP contribution >= 0.6 is 0 Å². The molecule has 38 heavy (non-hydrogen) atoms. The van der Waals surface area contributed by atoms with Crippen LogP contribution in [0.15, 0.2) is 18.2 Å². The zero-order valence-corrected chi connectivity index (χ0v) is 22.6. The monoisotopic (exact) mass is 543 g/mol. The topological polar surface area (TPSA) is 123 Å². The molecule has 0 bridgehead atoms. The van der Waals surface area contributed by atoms with E-state index in [1.54, 1.807) is 13.8 Å². The Morgan fingerprint density at radius 1 is 1.16 bits per heavy atom. The summed E-state index contributed by atoms with van der Waals surface area (Å²) in [6.45, 7) is 10.8. The van der Waals surface area contributed by atoms with Crippen LogP contribution in [-0.2, 0) is 11.0 Å². The molecule has 1 aliphatic rings. The molecule has 2 rings (SSSR count). The highest BCUT2D eigenvalue weighted by atomic mass is 19.4. The van der Waals surface area contributed by atoms with Gasteiger partial charge in [-0.2, -0.15) is 13.2 Å². The lowest BCUT2D eigenvalue weighted by Crippen LogP contribution is -2.53. The normalized spacial score (nSPS) is 17.6. The Morgan fingerprint density at radius 3 is 2.42 bits per heavy atom. The van der Waals surface area contributed by atoms with Gasteiger partial charge >= 0.3 is 12.2 Å². The smallest absolute Gasteiger partial charge is 0.391 e. The molecular weight excluding hydrogens is 503 g/mol. The van der Waals surface area contributed by atoms with E-state index in [0.717, 1.165) is 18.6 Å². The van der Waals surface area contributed by atoms with Crippen LogP contribution in [0.3, 0.4) is 0 Å². The van der Waals surface area contributed by atoms with Crippen molar-refractivity contribution in [2.45, 2.75) is 84.3 Å². The molecule has 1 heterocycles. The Hall–Kier alpha value is -2.86. The van der Waals surface area contributed by atoms with Crippen molar-refractivity contribution in [1.82, 2.24) is 20.9 Å². The van der Waals surface area contributed by atoms with Gasteiger partial charge in [-0.05, 0) is 57.4 Å². The fraction of sp³-hybridized carbons (Fsp3) is 0.654. The first-order valence-corrected chi connectivity index (χ1v) is 13.0. The Kier molecular flexibility index (Phi) is 11.4. The van der Waals surface area contributed by atoms with E-state index in [9.17, 15) is 32.7 Å². The van der Waals surface area contributed by atoms with Crippen molar-refractivity contribution >= 4 is 23.5 Å². The third-order valence-corrected chi connectivity index (χ3v) is 6.14. The molecule has 1 aromatic rings. The summed E-state index contributed by atoms with van der Waals surface area (Å²) in [4.78, 5) is 40.1. The van der Waals surface area contributed by atoms with E-state index in [1.165, 1.54) is 4.90 Å². The van der Waals surface area contributed by atoms with Crippen LogP contribution in [0.1, 0.15) is 69.8 Å². The number of anilines is 1. The van der Waals surface area contributed by atoms with E-state index in [1.807, 2.05) is 20.8 Å². The van der Waals surface area contributed by atoms with Gasteiger partial charge in [0.1, 0.15) is 6.04 Å². The minimum atomic E-state index is -4.71. The molecule has 0 radical (unpaired) electrons. The number of amides is 4. The van der Waals surface area contributed by atoms with Crippen LogP contribution in [0.2, 0.25) is 0 Å².